The molecule has 2 aromatic heterocycles. The minimum atomic E-state index is -0.338. The second-order valence-electron chi connectivity index (χ2n) is 4.68. The molecule has 0 radical (unpaired) electrons. The maximum absolute atomic E-state index is 13.0. The van der Waals surface area contributed by atoms with Crippen LogP contribution in [0.2, 0.25) is 0 Å². The van der Waals surface area contributed by atoms with Gasteiger partial charge in [-0.05, 0) is 12.1 Å². The Bertz CT molecular complexity index is 607. The molecule has 0 bridgehead atoms. The molecule has 110 valence electrons. The number of ether oxygens (including phenoxy) is 1. The number of aromatic nitrogens is 3. The molecular formula is C14H16FN5O. The van der Waals surface area contributed by atoms with Crippen LogP contribution in [0, 0.1) is 5.82 Å². The molecule has 21 heavy (non-hydrogen) atoms. The van der Waals surface area contributed by atoms with Crippen LogP contribution in [-0.4, -0.2) is 41.7 Å². The van der Waals surface area contributed by atoms with Gasteiger partial charge in [0.1, 0.15) is 29.3 Å². The molecule has 0 unspecified atom stereocenters. The normalized spacial score (nSPS) is 18.6. The molecule has 1 fully saturated rings. The van der Waals surface area contributed by atoms with Gasteiger partial charge in [-0.1, -0.05) is 0 Å². The van der Waals surface area contributed by atoms with Gasteiger partial charge in [-0.3, -0.25) is 4.98 Å². The summed E-state index contributed by atoms with van der Waals surface area (Å²) in [5.41, 5.74) is 0.770. The number of nitrogens with one attached hydrogen (secondary N) is 1. The minimum Gasteiger partial charge on any atom is -0.372 e. The quantitative estimate of drug-likeness (QED) is 0.926. The van der Waals surface area contributed by atoms with Crippen LogP contribution < -0.4 is 10.2 Å². The highest BCUT2D eigenvalue weighted by Gasteiger charge is 2.26. The summed E-state index contributed by atoms with van der Waals surface area (Å²) in [4.78, 5) is 14.8. The van der Waals surface area contributed by atoms with Gasteiger partial charge < -0.3 is 15.0 Å². The Morgan fingerprint density at radius 1 is 1.29 bits per heavy atom. The number of hydrogen-bond acceptors (Lipinski definition) is 6. The van der Waals surface area contributed by atoms with Gasteiger partial charge >= 0.3 is 0 Å². The molecule has 6 nitrogen and oxygen atoms in total. The van der Waals surface area contributed by atoms with Crippen molar-refractivity contribution in [1.82, 2.24) is 15.0 Å². The molecule has 1 aliphatic heterocycles. The molecule has 0 aromatic carbocycles. The van der Waals surface area contributed by atoms with Crippen LogP contribution in [0.25, 0.3) is 0 Å². The Morgan fingerprint density at radius 2 is 2.14 bits per heavy atom. The fourth-order valence-corrected chi connectivity index (χ4v) is 2.35. The van der Waals surface area contributed by atoms with Gasteiger partial charge in [-0.25, -0.2) is 14.4 Å². The van der Waals surface area contributed by atoms with Gasteiger partial charge in [0.2, 0.25) is 0 Å². The third kappa shape index (κ3) is 2.92. The maximum Gasteiger partial charge on any atom is 0.150 e. The second kappa shape index (κ2) is 6.01. The SMILES string of the molecule is CNc1nccnc1[C@@H]1CN(c2ccc(F)cn2)CCO1. The third-order valence-corrected chi connectivity index (χ3v) is 3.37. The fraction of sp³-hybridized carbons (Fsp3) is 0.357. The summed E-state index contributed by atoms with van der Waals surface area (Å²) >= 11 is 0. The third-order valence-electron chi connectivity index (χ3n) is 3.37. The fourth-order valence-electron chi connectivity index (χ4n) is 2.35. The van der Waals surface area contributed by atoms with E-state index in [2.05, 4.69) is 25.2 Å². The van der Waals surface area contributed by atoms with Gasteiger partial charge in [-0.2, -0.15) is 0 Å². The molecule has 3 heterocycles. The van der Waals surface area contributed by atoms with E-state index >= 15 is 0 Å². The predicted octanol–water partition coefficient (Wildman–Crippen LogP) is 1.63. The van der Waals surface area contributed by atoms with E-state index < -0.39 is 0 Å². The van der Waals surface area contributed by atoms with E-state index in [1.54, 1.807) is 25.5 Å². The summed E-state index contributed by atoms with van der Waals surface area (Å²) in [5.74, 6) is 1.10. The van der Waals surface area contributed by atoms with Crippen LogP contribution in [0.5, 0.6) is 0 Å². The first-order chi connectivity index (χ1) is 10.3. The Hall–Kier alpha value is -2.28. The predicted molar refractivity (Wildman–Crippen MR) is 76.7 cm³/mol. The standard InChI is InChI=1S/C14H16FN5O/c1-16-14-13(17-4-5-18-14)11-9-20(6-7-21-11)12-3-2-10(15)8-19-12/h2-5,8,11H,6-7,9H2,1H3,(H,16,18)/t11-/m0/s1. The summed E-state index contributed by atoms with van der Waals surface area (Å²) in [7, 11) is 1.80. The van der Waals surface area contributed by atoms with Crippen molar-refractivity contribution in [3.63, 3.8) is 0 Å². The number of nitrogens with zero attached hydrogens (tertiary/aromatic N) is 4. The van der Waals surface area contributed by atoms with Crippen LogP contribution in [-0.2, 0) is 4.74 Å². The smallest absolute Gasteiger partial charge is 0.150 e. The molecule has 1 N–H and O–H groups in total. The first-order valence-corrected chi connectivity index (χ1v) is 6.74. The lowest BCUT2D eigenvalue weighted by atomic mass is 10.2. The molecule has 7 heteroatoms. The van der Waals surface area contributed by atoms with Gasteiger partial charge in [-0.15, -0.1) is 0 Å². The van der Waals surface area contributed by atoms with Crippen molar-refractivity contribution in [3.8, 4) is 0 Å². The van der Waals surface area contributed by atoms with Crippen molar-refractivity contribution < 1.29 is 9.13 Å². The van der Waals surface area contributed by atoms with Crippen LogP contribution in [0.3, 0.4) is 0 Å². The van der Waals surface area contributed by atoms with Crippen molar-refractivity contribution in [1.29, 1.82) is 0 Å². The highest BCUT2D eigenvalue weighted by molar-refractivity contribution is 5.43. The Labute approximate surface area is 122 Å². The molecule has 2 aromatic rings. The van der Waals surface area contributed by atoms with Crippen LogP contribution in [0.4, 0.5) is 16.0 Å². The average molecular weight is 289 g/mol. The van der Waals surface area contributed by atoms with E-state index in [4.69, 9.17) is 4.74 Å². The van der Waals surface area contributed by atoms with Crippen molar-refractivity contribution in [2.75, 3.05) is 37.0 Å². The molecule has 0 spiro atoms. The van der Waals surface area contributed by atoms with Gasteiger partial charge in [0.05, 0.1) is 19.3 Å². The topological polar surface area (TPSA) is 63.2 Å². The first kappa shape index (κ1) is 13.7. The number of pyridine rings is 1. The van der Waals surface area contributed by atoms with Crippen molar-refractivity contribution in [2.24, 2.45) is 0 Å². The molecule has 0 saturated carbocycles. The monoisotopic (exact) mass is 289 g/mol. The maximum atomic E-state index is 13.0. The van der Waals surface area contributed by atoms with E-state index in [0.29, 0.717) is 25.5 Å². The minimum absolute atomic E-state index is 0.193. The number of anilines is 2. The lowest BCUT2D eigenvalue weighted by Crippen LogP contribution is -2.39. The molecule has 1 atom stereocenters. The number of morpholine rings is 1. The summed E-state index contributed by atoms with van der Waals surface area (Å²) in [5, 5.41) is 3.02. The highest BCUT2D eigenvalue weighted by atomic mass is 19.1. The van der Waals surface area contributed by atoms with Gasteiger partial charge in [0.15, 0.2) is 0 Å². The molecular weight excluding hydrogens is 273 g/mol. The molecule has 1 aliphatic rings. The van der Waals surface area contributed by atoms with E-state index in [9.17, 15) is 4.39 Å². The lowest BCUT2D eigenvalue weighted by Gasteiger charge is -2.33. The van der Waals surface area contributed by atoms with Crippen LogP contribution in [0.1, 0.15) is 11.8 Å². The summed E-state index contributed by atoms with van der Waals surface area (Å²) in [6.07, 6.45) is 4.31. The van der Waals surface area contributed by atoms with E-state index in [1.165, 1.54) is 12.3 Å². The van der Waals surface area contributed by atoms with Crippen molar-refractivity contribution >= 4 is 11.6 Å². The zero-order valence-electron chi connectivity index (χ0n) is 11.7. The number of halogens is 1. The zero-order chi connectivity index (χ0) is 14.7. The Morgan fingerprint density at radius 3 is 2.90 bits per heavy atom. The largest absolute Gasteiger partial charge is 0.372 e. The molecule has 1 saturated heterocycles. The second-order valence-corrected chi connectivity index (χ2v) is 4.68. The number of rotatable bonds is 3. The zero-order valence-corrected chi connectivity index (χ0v) is 11.7. The Kier molecular flexibility index (Phi) is 3.92. The number of hydrogen-bond donors (Lipinski definition) is 1. The molecule has 0 amide bonds. The van der Waals surface area contributed by atoms with Gasteiger partial charge in [0.25, 0.3) is 0 Å². The Balaban J connectivity index is 1.81. The molecule has 0 aliphatic carbocycles. The van der Waals surface area contributed by atoms with E-state index in [-0.39, 0.29) is 11.9 Å². The lowest BCUT2D eigenvalue weighted by molar-refractivity contribution is 0.0370. The van der Waals surface area contributed by atoms with Gasteiger partial charge in [0, 0.05) is 26.0 Å². The van der Waals surface area contributed by atoms with Crippen LogP contribution in [0.15, 0.2) is 30.7 Å². The highest BCUT2D eigenvalue weighted by Crippen LogP contribution is 2.27. The summed E-state index contributed by atoms with van der Waals surface area (Å²) < 4.78 is 18.8. The van der Waals surface area contributed by atoms with E-state index in [1.807, 2.05) is 0 Å². The van der Waals surface area contributed by atoms with Crippen molar-refractivity contribution in [2.45, 2.75) is 6.10 Å². The van der Waals surface area contributed by atoms with Crippen molar-refractivity contribution in [3.05, 3.63) is 42.2 Å². The van der Waals surface area contributed by atoms with Crippen LogP contribution >= 0.6 is 0 Å². The average Bonchev–Trinajstić information content (AvgIpc) is 2.55. The first-order valence-electron chi connectivity index (χ1n) is 6.74. The summed E-state index contributed by atoms with van der Waals surface area (Å²) in [6, 6.07) is 3.08. The van der Waals surface area contributed by atoms with E-state index in [0.717, 1.165) is 11.5 Å². The molecule has 3 rings (SSSR count). The summed E-state index contributed by atoms with van der Waals surface area (Å²) in [6.45, 7) is 1.87.